The van der Waals surface area contributed by atoms with E-state index in [1.165, 1.54) is 24.2 Å². The van der Waals surface area contributed by atoms with Gasteiger partial charge in [-0.15, -0.1) is 0 Å². The molecule has 1 amide bonds. The predicted octanol–water partition coefficient (Wildman–Crippen LogP) is 3.67. The number of hydrogen-bond donors (Lipinski definition) is 1. The van der Waals surface area contributed by atoms with Crippen molar-refractivity contribution in [2.45, 2.75) is 38.0 Å². The van der Waals surface area contributed by atoms with Gasteiger partial charge in [0.05, 0.1) is 10.6 Å². The molecule has 0 unspecified atom stereocenters. The fourth-order valence-corrected chi connectivity index (χ4v) is 5.13. The Hall–Kier alpha value is -2.38. The summed E-state index contributed by atoms with van der Waals surface area (Å²) in [4.78, 5) is 15.3. The van der Waals surface area contributed by atoms with Crippen LogP contribution in [0.2, 0.25) is 0 Å². The van der Waals surface area contributed by atoms with Crippen molar-refractivity contribution in [1.82, 2.24) is 10.2 Å². The predicted molar refractivity (Wildman–Crippen MR) is 125 cm³/mol. The van der Waals surface area contributed by atoms with Crippen molar-refractivity contribution < 1.29 is 13.2 Å². The Morgan fingerprint density at radius 3 is 2.65 bits per heavy atom. The number of carbonyl (C=O) groups is 1. The van der Waals surface area contributed by atoms with Crippen molar-refractivity contribution in [3.05, 3.63) is 59.7 Å². The van der Waals surface area contributed by atoms with Crippen molar-refractivity contribution in [3.8, 4) is 0 Å². The first-order valence-corrected chi connectivity index (χ1v) is 12.4. The number of amides is 1. The molecule has 1 aliphatic rings. The second-order valence-electron chi connectivity index (χ2n) is 8.49. The number of likely N-dealkylation sites (tertiary alicyclic amines) is 1. The minimum Gasteiger partial charge on any atom is -0.352 e. The highest BCUT2D eigenvalue weighted by atomic mass is 32.2. The number of nitrogens with zero attached hydrogens (tertiary/aromatic N) is 2. The van der Waals surface area contributed by atoms with Crippen LogP contribution in [0.5, 0.6) is 0 Å². The van der Waals surface area contributed by atoms with E-state index in [1.807, 2.05) is 6.92 Å². The maximum Gasteiger partial charge on any atom is 0.264 e. The first kappa shape index (κ1) is 23.3. The van der Waals surface area contributed by atoms with Crippen LogP contribution in [0.4, 0.5) is 5.69 Å². The molecule has 31 heavy (non-hydrogen) atoms. The van der Waals surface area contributed by atoms with Gasteiger partial charge in [0.2, 0.25) is 0 Å². The number of carbonyl (C=O) groups excluding carboxylic acids is 1. The van der Waals surface area contributed by atoms with Gasteiger partial charge in [-0.3, -0.25) is 9.10 Å². The lowest BCUT2D eigenvalue weighted by molar-refractivity contribution is 0.0950. The zero-order chi connectivity index (χ0) is 22.4. The van der Waals surface area contributed by atoms with Gasteiger partial charge in [-0.2, -0.15) is 0 Å². The van der Waals surface area contributed by atoms with E-state index in [9.17, 15) is 13.2 Å². The molecule has 0 saturated carbocycles. The molecule has 0 radical (unpaired) electrons. The molecule has 0 aromatic heterocycles. The van der Waals surface area contributed by atoms with E-state index < -0.39 is 10.0 Å². The highest BCUT2D eigenvalue weighted by Crippen LogP contribution is 2.23. The quantitative estimate of drug-likeness (QED) is 0.632. The van der Waals surface area contributed by atoms with Crippen LogP contribution in [0, 0.1) is 12.8 Å². The number of nitrogens with one attached hydrogen (secondary N) is 1. The molecule has 1 heterocycles. The molecule has 1 saturated heterocycles. The van der Waals surface area contributed by atoms with Crippen molar-refractivity contribution in [3.63, 3.8) is 0 Å². The van der Waals surface area contributed by atoms with Crippen molar-refractivity contribution in [2.75, 3.05) is 37.5 Å². The highest BCUT2D eigenvalue weighted by Gasteiger charge is 2.22. The molecule has 1 atom stereocenters. The number of aryl methyl sites for hydroxylation is 1. The molecule has 0 spiro atoms. The van der Waals surface area contributed by atoms with E-state index in [0.717, 1.165) is 37.5 Å². The largest absolute Gasteiger partial charge is 0.352 e. The van der Waals surface area contributed by atoms with Crippen LogP contribution in [-0.4, -0.2) is 52.5 Å². The molecular formula is C24H33N3O3S. The van der Waals surface area contributed by atoms with Crippen molar-refractivity contribution in [2.24, 2.45) is 5.92 Å². The Bertz CT molecular complexity index is 989. The fourth-order valence-electron chi connectivity index (χ4n) is 3.95. The zero-order valence-corrected chi connectivity index (χ0v) is 19.5. The summed E-state index contributed by atoms with van der Waals surface area (Å²) in [7, 11) is -2.19. The Morgan fingerprint density at radius 1 is 1.19 bits per heavy atom. The molecule has 1 fully saturated rings. The van der Waals surface area contributed by atoms with Gasteiger partial charge in [0.15, 0.2) is 0 Å². The normalized spacial score (nSPS) is 17.3. The molecule has 168 valence electrons. The number of benzene rings is 2. The standard InChI is InChI=1S/C24H33N3O3S/c1-19-10-12-23(13-11-19)31(29,30)26(3)22-9-4-8-21(17-22)24(28)25-14-6-16-27-15-5-7-20(2)18-27/h4,8-13,17,20H,5-7,14-16,18H2,1-3H3,(H,25,28)/t20-/m1/s1. The van der Waals surface area contributed by atoms with Gasteiger partial charge < -0.3 is 10.2 Å². The lowest BCUT2D eigenvalue weighted by Crippen LogP contribution is -2.36. The third-order valence-electron chi connectivity index (χ3n) is 5.83. The summed E-state index contributed by atoms with van der Waals surface area (Å²) < 4.78 is 27.1. The summed E-state index contributed by atoms with van der Waals surface area (Å²) in [6.45, 7) is 8.07. The SMILES string of the molecule is Cc1ccc(S(=O)(=O)N(C)c2cccc(C(=O)NCCCN3CCC[C@@H](C)C3)c2)cc1. The van der Waals surface area contributed by atoms with Crippen molar-refractivity contribution >= 4 is 21.6 Å². The van der Waals surface area contributed by atoms with Crippen LogP contribution in [0.3, 0.4) is 0 Å². The molecule has 7 heteroatoms. The molecule has 1 N–H and O–H groups in total. The molecule has 6 nitrogen and oxygen atoms in total. The Balaban J connectivity index is 1.58. The van der Waals surface area contributed by atoms with E-state index in [0.29, 0.717) is 17.8 Å². The summed E-state index contributed by atoms with van der Waals surface area (Å²) in [5.74, 6) is 0.564. The smallest absolute Gasteiger partial charge is 0.264 e. The molecule has 0 aliphatic carbocycles. The average molecular weight is 444 g/mol. The fraction of sp³-hybridized carbons (Fsp3) is 0.458. The molecule has 1 aliphatic heterocycles. The maximum absolute atomic E-state index is 12.9. The number of rotatable bonds is 8. The second-order valence-corrected chi connectivity index (χ2v) is 10.5. The third kappa shape index (κ3) is 6.08. The van der Waals surface area contributed by atoms with Gasteiger partial charge >= 0.3 is 0 Å². The summed E-state index contributed by atoms with van der Waals surface area (Å²) in [5, 5.41) is 2.96. The Morgan fingerprint density at radius 2 is 1.94 bits per heavy atom. The minimum atomic E-state index is -3.69. The number of anilines is 1. The highest BCUT2D eigenvalue weighted by molar-refractivity contribution is 7.92. The van der Waals surface area contributed by atoms with Gasteiger partial charge in [-0.1, -0.05) is 30.7 Å². The molecule has 2 aromatic carbocycles. The average Bonchev–Trinajstić information content (AvgIpc) is 2.76. The topological polar surface area (TPSA) is 69.7 Å². The van der Waals surface area contributed by atoms with Crippen LogP contribution in [0.25, 0.3) is 0 Å². The first-order valence-electron chi connectivity index (χ1n) is 10.9. The van der Waals surface area contributed by atoms with Crippen LogP contribution < -0.4 is 9.62 Å². The van der Waals surface area contributed by atoms with E-state index in [2.05, 4.69) is 17.1 Å². The summed E-state index contributed by atoms with van der Waals surface area (Å²) in [5.41, 5.74) is 1.90. The third-order valence-corrected chi connectivity index (χ3v) is 7.63. The maximum atomic E-state index is 12.9. The first-order chi connectivity index (χ1) is 14.8. The molecule has 3 rings (SSSR count). The van der Waals surface area contributed by atoms with Crippen molar-refractivity contribution in [1.29, 1.82) is 0 Å². The van der Waals surface area contributed by atoms with Gasteiger partial charge in [-0.05, 0) is 75.5 Å². The van der Waals surface area contributed by atoms with Gasteiger partial charge in [0.1, 0.15) is 0 Å². The molecule has 0 bridgehead atoms. The van der Waals surface area contributed by atoms with E-state index in [-0.39, 0.29) is 10.8 Å². The molecule has 2 aromatic rings. The number of piperidine rings is 1. The van der Waals surface area contributed by atoms with E-state index in [1.54, 1.807) is 48.5 Å². The zero-order valence-electron chi connectivity index (χ0n) is 18.7. The van der Waals surface area contributed by atoms with Gasteiger partial charge in [0, 0.05) is 25.7 Å². The second kappa shape index (κ2) is 10.3. The summed E-state index contributed by atoms with van der Waals surface area (Å²) >= 11 is 0. The van der Waals surface area contributed by atoms with Crippen LogP contribution in [0.15, 0.2) is 53.4 Å². The summed E-state index contributed by atoms with van der Waals surface area (Å²) in [6, 6.07) is 13.5. The Kier molecular flexibility index (Phi) is 7.73. The molecular weight excluding hydrogens is 410 g/mol. The van der Waals surface area contributed by atoms with Crippen LogP contribution >= 0.6 is 0 Å². The van der Waals surface area contributed by atoms with Crippen LogP contribution in [-0.2, 0) is 10.0 Å². The Labute approximate surface area is 186 Å². The summed E-state index contributed by atoms with van der Waals surface area (Å²) in [6.07, 6.45) is 3.46. The van der Waals surface area contributed by atoms with Crippen LogP contribution in [0.1, 0.15) is 42.1 Å². The monoisotopic (exact) mass is 443 g/mol. The lowest BCUT2D eigenvalue weighted by Gasteiger charge is -2.30. The number of hydrogen-bond acceptors (Lipinski definition) is 4. The lowest BCUT2D eigenvalue weighted by atomic mass is 10.0. The van der Waals surface area contributed by atoms with E-state index >= 15 is 0 Å². The van der Waals surface area contributed by atoms with E-state index in [4.69, 9.17) is 0 Å². The number of sulfonamides is 1. The minimum absolute atomic E-state index is 0.185. The van der Waals surface area contributed by atoms with Gasteiger partial charge in [-0.25, -0.2) is 8.42 Å². The van der Waals surface area contributed by atoms with Gasteiger partial charge in [0.25, 0.3) is 15.9 Å².